The van der Waals surface area contributed by atoms with Gasteiger partial charge in [0.1, 0.15) is 23.7 Å². The molecule has 2 aromatic carbocycles. The highest BCUT2D eigenvalue weighted by molar-refractivity contribution is 5.88. The van der Waals surface area contributed by atoms with Crippen molar-refractivity contribution in [2.75, 3.05) is 6.61 Å². The van der Waals surface area contributed by atoms with Crippen molar-refractivity contribution < 1.29 is 35.8 Å². The molecule has 4 aromatic rings. The minimum atomic E-state index is -2.25. The fourth-order valence-corrected chi connectivity index (χ4v) is 3.67. The molecule has 0 saturated carbocycles. The first-order valence-corrected chi connectivity index (χ1v) is 10.7. The van der Waals surface area contributed by atoms with Crippen LogP contribution in [0.4, 0.5) is 22.0 Å². The van der Waals surface area contributed by atoms with Crippen molar-refractivity contribution in [1.29, 1.82) is 0 Å². The predicted molar refractivity (Wildman–Crippen MR) is 117 cm³/mol. The van der Waals surface area contributed by atoms with E-state index in [1.807, 2.05) is 12.1 Å². The number of nitrogens with two attached hydrogens (primary N) is 1. The van der Waals surface area contributed by atoms with Gasteiger partial charge in [0.15, 0.2) is 5.75 Å². The molecule has 1 atom stereocenters. The number of fused-ring (bicyclic) bond motifs is 1. The van der Waals surface area contributed by atoms with Crippen LogP contribution in [0.25, 0.3) is 11.0 Å². The second-order valence-corrected chi connectivity index (χ2v) is 7.85. The summed E-state index contributed by atoms with van der Waals surface area (Å²) in [6.07, 6.45) is 4.74. The van der Waals surface area contributed by atoms with Crippen LogP contribution >= 0.6 is 0 Å². The number of benzene rings is 2. The molecule has 0 amide bonds. The maximum Gasteiger partial charge on any atom is 0.207 e. The van der Waals surface area contributed by atoms with Crippen molar-refractivity contribution in [3.05, 3.63) is 88.7 Å². The van der Waals surface area contributed by atoms with Gasteiger partial charge in [-0.1, -0.05) is 12.1 Å². The number of aromatic nitrogens is 1. The highest BCUT2D eigenvalue weighted by atomic mass is 19.2. The number of hydrogen-bond acceptors (Lipinski definition) is 5. The van der Waals surface area contributed by atoms with E-state index in [9.17, 15) is 22.0 Å². The molecule has 184 valence electrons. The lowest BCUT2D eigenvalue weighted by atomic mass is 10.1. The van der Waals surface area contributed by atoms with Gasteiger partial charge in [-0.25, -0.2) is 13.2 Å². The molecule has 0 aliphatic rings. The summed E-state index contributed by atoms with van der Waals surface area (Å²) in [4.78, 5) is 4.06. The first kappa shape index (κ1) is 24.5. The Hall–Kier alpha value is -3.66. The van der Waals surface area contributed by atoms with Crippen LogP contribution in [-0.2, 0) is 6.61 Å². The van der Waals surface area contributed by atoms with Gasteiger partial charge in [0, 0.05) is 24.0 Å². The van der Waals surface area contributed by atoms with Crippen LogP contribution < -0.4 is 15.2 Å². The van der Waals surface area contributed by atoms with E-state index < -0.39 is 41.4 Å². The Labute approximate surface area is 197 Å². The summed E-state index contributed by atoms with van der Waals surface area (Å²) < 4.78 is 84.4. The van der Waals surface area contributed by atoms with Gasteiger partial charge in [0.05, 0.1) is 12.0 Å². The Balaban J connectivity index is 1.45. The molecular weight excluding hydrogens is 471 g/mol. The summed E-state index contributed by atoms with van der Waals surface area (Å²) >= 11 is 0. The molecule has 0 aliphatic carbocycles. The molecule has 2 aromatic heterocycles. The first-order valence-electron chi connectivity index (χ1n) is 10.7. The van der Waals surface area contributed by atoms with Gasteiger partial charge in [-0.2, -0.15) is 8.78 Å². The van der Waals surface area contributed by atoms with Gasteiger partial charge < -0.3 is 19.6 Å². The van der Waals surface area contributed by atoms with Crippen molar-refractivity contribution in [1.82, 2.24) is 4.98 Å². The normalized spacial score (nSPS) is 12.2. The minimum Gasteiger partial charge on any atom is -0.493 e. The molecule has 5 nitrogen and oxygen atoms in total. The third-order valence-electron chi connectivity index (χ3n) is 5.56. The molecule has 0 spiro atoms. The molecular formula is C25H21F5N2O3. The summed E-state index contributed by atoms with van der Waals surface area (Å²) in [6.45, 7) is 1.49. The number of nitrogens with zero attached hydrogens (tertiary/aromatic N) is 1. The molecule has 0 fully saturated rings. The van der Waals surface area contributed by atoms with Crippen molar-refractivity contribution >= 4 is 11.0 Å². The topological polar surface area (TPSA) is 70.5 Å². The fourth-order valence-electron chi connectivity index (χ4n) is 3.67. The zero-order chi connectivity index (χ0) is 25.1. The summed E-state index contributed by atoms with van der Waals surface area (Å²) in [5, 5.41) is 0.611. The van der Waals surface area contributed by atoms with Gasteiger partial charge in [-0.05, 0) is 43.5 Å². The molecule has 1 unspecified atom stereocenters. The van der Waals surface area contributed by atoms with E-state index in [4.69, 9.17) is 19.6 Å². The van der Waals surface area contributed by atoms with Crippen LogP contribution in [0.15, 0.2) is 47.1 Å². The molecule has 10 heteroatoms. The van der Waals surface area contributed by atoms with Crippen molar-refractivity contribution in [3.8, 4) is 11.5 Å². The molecule has 0 saturated heterocycles. The summed E-state index contributed by atoms with van der Waals surface area (Å²) in [6, 6.07) is 8.65. The highest BCUT2D eigenvalue weighted by Crippen LogP contribution is 2.35. The van der Waals surface area contributed by atoms with E-state index in [1.54, 1.807) is 37.5 Å². The minimum absolute atomic E-state index is 0.151. The Bertz CT molecular complexity index is 1320. The molecule has 4 rings (SSSR count). The predicted octanol–water partition coefficient (Wildman–Crippen LogP) is 6.27. The maximum atomic E-state index is 13.9. The lowest BCUT2D eigenvalue weighted by Crippen LogP contribution is -2.12. The van der Waals surface area contributed by atoms with E-state index in [0.29, 0.717) is 41.7 Å². The quantitative estimate of drug-likeness (QED) is 0.129. The second kappa shape index (κ2) is 10.3. The van der Waals surface area contributed by atoms with Gasteiger partial charge in [-0.15, -0.1) is 0 Å². The average molecular weight is 492 g/mol. The maximum absolute atomic E-state index is 13.9. The standard InChI is InChI=1S/C25H21F5N2O3/c1-13-18(12-34-25-23(29)21(27)20(26)22(28)24(25)30)35-17-8-2-7-16(19(13)17)33-10-4-6-15(31)14-5-3-9-32-11-14/h2-3,5,7-9,11,15H,4,6,10,12,31H2,1H3. The van der Waals surface area contributed by atoms with Gasteiger partial charge in [-0.3, -0.25) is 4.98 Å². The van der Waals surface area contributed by atoms with Crippen molar-refractivity contribution in [2.45, 2.75) is 32.4 Å². The largest absolute Gasteiger partial charge is 0.493 e. The van der Waals surface area contributed by atoms with E-state index in [2.05, 4.69) is 4.98 Å². The van der Waals surface area contributed by atoms with E-state index in [-0.39, 0.29) is 11.8 Å². The van der Waals surface area contributed by atoms with Crippen molar-refractivity contribution in [2.24, 2.45) is 5.73 Å². The number of halogens is 5. The van der Waals surface area contributed by atoms with E-state index >= 15 is 0 Å². The lowest BCUT2D eigenvalue weighted by Gasteiger charge is -2.12. The Morgan fingerprint density at radius 1 is 0.943 bits per heavy atom. The zero-order valence-corrected chi connectivity index (χ0v) is 18.6. The number of aryl methyl sites for hydroxylation is 1. The van der Waals surface area contributed by atoms with Crippen LogP contribution in [0.1, 0.15) is 35.8 Å². The van der Waals surface area contributed by atoms with E-state index in [0.717, 1.165) is 5.56 Å². The fraction of sp³-hybridized carbons (Fsp3) is 0.240. The molecule has 0 bridgehead atoms. The number of furan rings is 1. The monoisotopic (exact) mass is 492 g/mol. The number of ether oxygens (including phenoxy) is 2. The van der Waals surface area contributed by atoms with Gasteiger partial charge >= 0.3 is 0 Å². The number of pyridine rings is 1. The SMILES string of the molecule is Cc1c(COc2c(F)c(F)c(F)c(F)c2F)oc2cccc(OCCCC(N)c3cccnc3)c12. The van der Waals surface area contributed by atoms with Gasteiger partial charge in [0.25, 0.3) is 0 Å². The molecule has 2 heterocycles. The summed E-state index contributed by atoms with van der Waals surface area (Å²) in [5.41, 5.74) is 8.07. The van der Waals surface area contributed by atoms with Crippen molar-refractivity contribution in [3.63, 3.8) is 0 Å². The first-order chi connectivity index (χ1) is 16.8. The smallest absolute Gasteiger partial charge is 0.207 e. The summed E-state index contributed by atoms with van der Waals surface area (Å²) in [7, 11) is 0. The van der Waals surface area contributed by atoms with Crippen LogP contribution in [0, 0.1) is 36.0 Å². The number of rotatable bonds is 9. The van der Waals surface area contributed by atoms with Crippen LogP contribution in [0.5, 0.6) is 11.5 Å². The number of hydrogen-bond donors (Lipinski definition) is 1. The Morgan fingerprint density at radius 2 is 1.66 bits per heavy atom. The lowest BCUT2D eigenvalue weighted by molar-refractivity contribution is 0.233. The molecule has 2 N–H and O–H groups in total. The van der Waals surface area contributed by atoms with Crippen LogP contribution in [-0.4, -0.2) is 11.6 Å². The third-order valence-corrected chi connectivity index (χ3v) is 5.56. The zero-order valence-electron chi connectivity index (χ0n) is 18.6. The van der Waals surface area contributed by atoms with E-state index in [1.165, 1.54) is 0 Å². The molecule has 0 aliphatic heterocycles. The van der Waals surface area contributed by atoms with Crippen LogP contribution in [0.3, 0.4) is 0 Å². The van der Waals surface area contributed by atoms with Gasteiger partial charge in [0.2, 0.25) is 29.1 Å². The summed E-state index contributed by atoms with van der Waals surface area (Å²) in [5.74, 6) is -11.2. The average Bonchev–Trinajstić information content (AvgIpc) is 3.20. The highest BCUT2D eigenvalue weighted by Gasteiger charge is 2.27. The third kappa shape index (κ3) is 4.93. The molecule has 35 heavy (non-hydrogen) atoms. The Kier molecular flexibility index (Phi) is 7.20. The second-order valence-electron chi connectivity index (χ2n) is 7.85. The molecule has 0 radical (unpaired) electrons. The van der Waals surface area contributed by atoms with Crippen LogP contribution in [0.2, 0.25) is 0 Å². The Morgan fingerprint density at radius 3 is 2.34 bits per heavy atom.